The van der Waals surface area contributed by atoms with Crippen LogP contribution in [0.15, 0.2) is 58.8 Å². The number of fused-ring (bicyclic) bond motifs is 1. The standard InChI is InChI=1S/C22H18F2N8O2/c1-29-9-15(8-27-29)14-5-17-20(25-7-14)31(10-13-3-4-16(23)6-18(13)24)22(34)32(21(17)33)11-19-26-12-30(2)28-19/h3-9,12H,10-11H2,1-2H3. The number of rotatable bonds is 5. The molecule has 0 unspecified atom stereocenters. The van der Waals surface area contributed by atoms with Crippen molar-refractivity contribution in [2.24, 2.45) is 14.1 Å². The maximum Gasteiger partial charge on any atom is 0.333 e. The molecule has 0 spiro atoms. The van der Waals surface area contributed by atoms with Gasteiger partial charge < -0.3 is 0 Å². The van der Waals surface area contributed by atoms with Crippen LogP contribution < -0.4 is 11.2 Å². The van der Waals surface area contributed by atoms with Gasteiger partial charge in [0, 0.05) is 49.2 Å². The fourth-order valence-electron chi connectivity index (χ4n) is 3.73. The highest BCUT2D eigenvalue weighted by molar-refractivity contribution is 5.80. The number of hydrogen-bond acceptors (Lipinski definition) is 6. The summed E-state index contributed by atoms with van der Waals surface area (Å²) in [5.41, 5.74) is 0.215. The van der Waals surface area contributed by atoms with Crippen LogP contribution >= 0.6 is 0 Å². The number of nitrogens with zero attached hydrogens (tertiary/aromatic N) is 8. The van der Waals surface area contributed by atoms with Crippen LogP contribution in [-0.4, -0.2) is 38.7 Å². The molecule has 12 heteroatoms. The Kier molecular flexibility index (Phi) is 5.11. The molecule has 10 nitrogen and oxygen atoms in total. The SMILES string of the molecule is Cn1cc(-c2cnc3c(c2)c(=O)n(Cc2ncn(C)n2)c(=O)n3Cc2ccc(F)cc2F)cn1. The normalized spacial score (nSPS) is 11.4. The minimum Gasteiger partial charge on any atom is -0.275 e. The molecule has 4 aromatic heterocycles. The Labute approximate surface area is 190 Å². The highest BCUT2D eigenvalue weighted by Crippen LogP contribution is 2.21. The Balaban J connectivity index is 1.74. The average molecular weight is 464 g/mol. The fraction of sp³-hybridized carbons (Fsp3) is 0.182. The van der Waals surface area contributed by atoms with Crippen molar-refractivity contribution in [1.82, 2.24) is 38.7 Å². The van der Waals surface area contributed by atoms with E-state index in [1.165, 1.54) is 27.8 Å². The van der Waals surface area contributed by atoms with Crippen LogP contribution in [0.2, 0.25) is 0 Å². The molecule has 0 fully saturated rings. The van der Waals surface area contributed by atoms with E-state index in [-0.39, 0.29) is 35.5 Å². The van der Waals surface area contributed by atoms with E-state index in [0.717, 1.165) is 22.3 Å². The summed E-state index contributed by atoms with van der Waals surface area (Å²) in [5.74, 6) is -1.28. The van der Waals surface area contributed by atoms with Gasteiger partial charge in [-0.05, 0) is 12.1 Å². The van der Waals surface area contributed by atoms with Gasteiger partial charge in [0.2, 0.25) is 0 Å². The number of benzene rings is 1. The minimum absolute atomic E-state index is 0.0732. The molecule has 5 aromatic rings. The zero-order chi connectivity index (χ0) is 24.0. The van der Waals surface area contributed by atoms with Crippen LogP contribution in [-0.2, 0) is 27.2 Å². The first-order valence-corrected chi connectivity index (χ1v) is 10.2. The monoisotopic (exact) mass is 464 g/mol. The van der Waals surface area contributed by atoms with E-state index < -0.39 is 22.9 Å². The third-order valence-electron chi connectivity index (χ3n) is 5.39. The second kappa shape index (κ2) is 8.14. The highest BCUT2D eigenvalue weighted by Gasteiger charge is 2.18. The summed E-state index contributed by atoms with van der Waals surface area (Å²) in [6, 6.07) is 4.71. The molecule has 0 bridgehead atoms. The molecule has 0 aliphatic rings. The summed E-state index contributed by atoms with van der Waals surface area (Å²) in [5, 5.41) is 8.43. The second-order valence-electron chi connectivity index (χ2n) is 7.83. The van der Waals surface area contributed by atoms with Crippen molar-refractivity contribution >= 4 is 11.0 Å². The number of aryl methyl sites for hydroxylation is 2. The fourth-order valence-corrected chi connectivity index (χ4v) is 3.73. The maximum absolute atomic E-state index is 14.4. The predicted octanol–water partition coefficient (Wildman–Crippen LogP) is 1.46. The first-order valence-electron chi connectivity index (χ1n) is 10.2. The van der Waals surface area contributed by atoms with Gasteiger partial charge in [0.05, 0.1) is 24.7 Å². The summed E-state index contributed by atoms with van der Waals surface area (Å²) in [6.45, 7) is -0.436. The molecular formula is C22H18F2N8O2. The average Bonchev–Trinajstić information content (AvgIpc) is 3.43. The van der Waals surface area contributed by atoms with Crippen LogP contribution in [0.4, 0.5) is 8.78 Å². The molecule has 0 atom stereocenters. The molecule has 34 heavy (non-hydrogen) atoms. The van der Waals surface area contributed by atoms with Crippen LogP contribution in [0.3, 0.4) is 0 Å². The van der Waals surface area contributed by atoms with Gasteiger partial charge in [-0.25, -0.2) is 23.5 Å². The molecule has 0 saturated carbocycles. The molecule has 0 aliphatic carbocycles. The van der Waals surface area contributed by atoms with E-state index in [0.29, 0.717) is 5.56 Å². The predicted molar refractivity (Wildman–Crippen MR) is 118 cm³/mol. The third-order valence-corrected chi connectivity index (χ3v) is 5.39. The van der Waals surface area contributed by atoms with Crippen molar-refractivity contribution in [3.63, 3.8) is 0 Å². The van der Waals surface area contributed by atoms with Crippen LogP contribution in [0.5, 0.6) is 0 Å². The Hall–Kier alpha value is -4.48. The first kappa shape index (κ1) is 21.4. The minimum atomic E-state index is -0.809. The van der Waals surface area contributed by atoms with Crippen molar-refractivity contribution in [1.29, 1.82) is 0 Å². The van der Waals surface area contributed by atoms with Crippen LogP contribution in [0.25, 0.3) is 22.2 Å². The summed E-state index contributed by atoms with van der Waals surface area (Å²) in [6.07, 6.45) is 6.36. The second-order valence-corrected chi connectivity index (χ2v) is 7.83. The Morgan fingerprint density at radius 2 is 1.74 bits per heavy atom. The topological polar surface area (TPSA) is 105 Å². The summed E-state index contributed by atoms with van der Waals surface area (Å²) in [7, 11) is 3.43. The van der Waals surface area contributed by atoms with Gasteiger partial charge in [0.25, 0.3) is 5.56 Å². The van der Waals surface area contributed by atoms with Gasteiger partial charge in [0.1, 0.15) is 23.6 Å². The zero-order valence-electron chi connectivity index (χ0n) is 18.2. The first-order chi connectivity index (χ1) is 16.3. The van der Waals surface area contributed by atoms with Crippen LogP contribution in [0, 0.1) is 11.6 Å². The number of pyridine rings is 1. The lowest BCUT2D eigenvalue weighted by atomic mass is 10.1. The third kappa shape index (κ3) is 3.78. The molecule has 5 rings (SSSR count). The van der Waals surface area contributed by atoms with Crippen molar-refractivity contribution in [3.8, 4) is 11.1 Å². The molecule has 0 saturated heterocycles. The zero-order valence-corrected chi connectivity index (χ0v) is 18.2. The maximum atomic E-state index is 14.4. The molecule has 1 aromatic carbocycles. The van der Waals surface area contributed by atoms with Gasteiger partial charge in [0.15, 0.2) is 5.82 Å². The van der Waals surface area contributed by atoms with Crippen molar-refractivity contribution in [3.05, 3.63) is 93.0 Å². The van der Waals surface area contributed by atoms with E-state index in [2.05, 4.69) is 20.2 Å². The number of hydrogen-bond donors (Lipinski definition) is 0. The quantitative estimate of drug-likeness (QED) is 0.390. The molecule has 172 valence electrons. The van der Waals surface area contributed by atoms with Crippen LogP contribution in [0.1, 0.15) is 11.4 Å². The molecule has 0 aliphatic heterocycles. The Morgan fingerprint density at radius 3 is 2.41 bits per heavy atom. The van der Waals surface area contributed by atoms with Gasteiger partial charge in [-0.1, -0.05) is 6.07 Å². The molecule has 0 radical (unpaired) electrons. The molecule has 0 amide bonds. The lowest BCUT2D eigenvalue weighted by molar-refractivity contribution is 0.556. The van der Waals surface area contributed by atoms with Gasteiger partial charge >= 0.3 is 5.69 Å². The van der Waals surface area contributed by atoms with E-state index in [4.69, 9.17) is 0 Å². The van der Waals surface area contributed by atoms with Crippen molar-refractivity contribution < 1.29 is 8.78 Å². The van der Waals surface area contributed by atoms with Gasteiger partial charge in [-0.15, -0.1) is 0 Å². The van der Waals surface area contributed by atoms with Gasteiger partial charge in [-0.3, -0.25) is 23.3 Å². The molecule has 0 N–H and O–H groups in total. The largest absolute Gasteiger partial charge is 0.333 e. The van der Waals surface area contributed by atoms with E-state index >= 15 is 0 Å². The molecule has 4 heterocycles. The van der Waals surface area contributed by atoms with Gasteiger partial charge in [-0.2, -0.15) is 10.2 Å². The Morgan fingerprint density at radius 1 is 0.912 bits per heavy atom. The smallest absolute Gasteiger partial charge is 0.275 e. The summed E-state index contributed by atoms with van der Waals surface area (Å²) < 4.78 is 33.0. The molecular weight excluding hydrogens is 446 g/mol. The van der Waals surface area contributed by atoms with E-state index in [9.17, 15) is 18.4 Å². The van der Waals surface area contributed by atoms with E-state index in [1.54, 1.807) is 37.2 Å². The highest BCUT2D eigenvalue weighted by atomic mass is 19.1. The van der Waals surface area contributed by atoms with Crippen molar-refractivity contribution in [2.75, 3.05) is 0 Å². The van der Waals surface area contributed by atoms with Crippen molar-refractivity contribution in [2.45, 2.75) is 13.1 Å². The Bertz CT molecular complexity index is 1660. The number of halogens is 2. The summed E-state index contributed by atoms with van der Waals surface area (Å²) in [4.78, 5) is 35.2. The number of aromatic nitrogens is 8. The lowest BCUT2D eigenvalue weighted by Gasteiger charge is -2.14. The summed E-state index contributed by atoms with van der Waals surface area (Å²) >= 11 is 0. The van der Waals surface area contributed by atoms with E-state index in [1.807, 2.05) is 0 Å². The lowest BCUT2D eigenvalue weighted by Crippen LogP contribution is -2.41.